The molecule has 0 fully saturated rings. The second-order valence-electron chi connectivity index (χ2n) is 4.10. The van der Waals surface area contributed by atoms with Crippen molar-refractivity contribution in [3.63, 3.8) is 0 Å². The van der Waals surface area contributed by atoms with Gasteiger partial charge in [0.2, 0.25) is 5.91 Å². The minimum absolute atomic E-state index is 0.0635. The first kappa shape index (κ1) is 15.0. The van der Waals surface area contributed by atoms with Crippen molar-refractivity contribution >= 4 is 17.5 Å². The first-order valence-electron chi connectivity index (χ1n) is 5.94. The second-order valence-corrected chi connectivity index (χ2v) is 4.10. The number of amides is 2. The van der Waals surface area contributed by atoms with Crippen LogP contribution in [0.2, 0.25) is 0 Å². The summed E-state index contributed by atoms with van der Waals surface area (Å²) in [7, 11) is 1.55. The number of benzene rings is 1. The number of ether oxygens (including phenoxy) is 1. The summed E-state index contributed by atoms with van der Waals surface area (Å²) in [6, 6.07) is 4.98. The van der Waals surface area contributed by atoms with Gasteiger partial charge in [-0.25, -0.2) is 0 Å². The fourth-order valence-corrected chi connectivity index (χ4v) is 1.43. The number of rotatable bonds is 6. The molecular weight excluding hydrogens is 246 g/mol. The molecule has 0 aromatic heterocycles. The van der Waals surface area contributed by atoms with Crippen LogP contribution < -0.4 is 16.4 Å². The van der Waals surface area contributed by atoms with Gasteiger partial charge in [-0.1, -0.05) is 0 Å². The topological polar surface area (TPSA) is 93.5 Å². The number of methoxy groups -OCH3 is 1. The van der Waals surface area contributed by atoms with Crippen LogP contribution >= 0.6 is 0 Å². The fourth-order valence-electron chi connectivity index (χ4n) is 1.43. The smallest absolute Gasteiger partial charge is 0.251 e. The Balaban J connectivity index is 2.42. The zero-order chi connectivity index (χ0) is 14.3. The van der Waals surface area contributed by atoms with Crippen molar-refractivity contribution in [2.45, 2.75) is 6.92 Å². The van der Waals surface area contributed by atoms with E-state index in [1.807, 2.05) is 6.92 Å². The quantitative estimate of drug-likeness (QED) is 0.501. The minimum atomic E-state index is -0.301. The van der Waals surface area contributed by atoms with Crippen molar-refractivity contribution in [2.75, 3.05) is 32.5 Å². The van der Waals surface area contributed by atoms with Crippen LogP contribution in [0, 0.1) is 6.92 Å². The SMILES string of the molecule is COCCNC(=O)CNC(=O)c1ccc(N)c(C)c1. The molecule has 0 saturated carbocycles. The van der Waals surface area contributed by atoms with Gasteiger partial charge in [0.1, 0.15) is 0 Å². The molecule has 0 unspecified atom stereocenters. The summed E-state index contributed by atoms with van der Waals surface area (Å²) in [4.78, 5) is 23.2. The van der Waals surface area contributed by atoms with E-state index in [0.717, 1.165) is 5.56 Å². The number of nitrogens with two attached hydrogens (primary N) is 1. The van der Waals surface area contributed by atoms with Gasteiger partial charge >= 0.3 is 0 Å². The van der Waals surface area contributed by atoms with E-state index in [1.165, 1.54) is 0 Å². The van der Waals surface area contributed by atoms with E-state index in [4.69, 9.17) is 10.5 Å². The number of hydrogen-bond donors (Lipinski definition) is 3. The number of nitrogens with one attached hydrogen (secondary N) is 2. The van der Waals surface area contributed by atoms with E-state index in [1.54, 1.807) is 25.3 Å². The lowest BCUT2D eigenvalue weighted by atomic mass is 10.1. The van der Waals surface area contributed by atoms with Gasteiger partial charge < -0.3 is 21.1 Å². The molecule has 0 aliphatic heterocycles. The molecule has 1 aromatic carbocycles. The van der Waals surface area contributed by atoms with Crippen LogP contribution in [0.5, 0.6) is 0 Å². The highest BCUT2D eigenvalue weighted by Crippen LogP contribution is 2.12. The van der Waals surface area contributed by atoms with Crippen LogP contribution in [-0.4, -0.2) is 38.6 Å². The van der Waals surface area contributed by atoms with E-state index in [9.17, 15) is 9.59 Å². The first-order chi connectivity index (χ1) is 9.04. The Bertz CT molecular complexity index is 460. The third-order valence-corrected chi connectivity index (χ3v) is 2.57. The van der Waals surface area contributed by atoms with E-state index < -0.39 is 0 Å². The molecule has 1 aromatic rings. The van der Waals surface area contributed by atoms with Crippen molar-refractivity contribution in [3.8, 4) is 0 Å². The van der Waals surface area contributed by atoms with E-state index in [-0.39, 0.29) is 18.4 Å². The minimum Gasteiger partial charge on any atom is -0.399 e. The van der Waals surface area contributed by atoms with Gasteiger partial charge in [-0.2, -0.15) is 0 Å². The maximum Gasteiger partial charge on any atom is 0.251 e. The highest BCUT2D eigenvalue weighted by Gasteiger charge is 2.08. The van der Waals surface area contributed by atoms with Crippen LogP contribution in [0.4, 0.5) is 5.69 Å². The van der Waals surface area contributed by atoms with E-state index in [2.05, 4.69) is 10.6 Å². The highest BCUT2D eigenvalue weighted by molar-refractivity contribution is 5.96. The van der Waals surface area contributed by atoms with Crippen LogP contribution in [0.25, 0.3) is 0 Å². The summed E-state index contributed by atoms with van der Waals surface area (Å²) in [6.07, 6.45) is 0. The zero-order valence-corrected chi connectivity index (χ0v) is 11.2. The Labute approximate surface area is 112 Å². The Kier molecular flexibility index (Phi) is 5.81. The standard InChI is InChI=1S/C13H19N3O3/c1-9-7-10(3-4-11(9)14)13(18)16-8-12(17)15-5-6-19-2/h3-4,7H,5-6,8,14H2,1-2H3,(H,15,17)(H,16,18). The molecular formula is C13H19N3O3. The summed E-state index contributed by atoms with van der Waals surface area (Å²) in [5.41, 5.74) is 7.62. The second kappa shape index (κ2) is 7.38. The third kappa shape index (κ3) is 4.97. The van der Waals surface area contributed by atoms with Crippen molar-refractivity contribution in [3.05, 3.63) is 29.3 Å². The molecule has 2 amide bonds. The van der Waals surface area contributed by atoms with E-state index >= 15 is 0 Å². The number of carbonyl (C=O) groups excluding carboxylic acids is 2. The molecule has 1 rings (SSSR count). The average Bonchev–Trinajstić information content (AvgIpc) is 2.39. The molecule has 0 bridgehead atoms. The summed E-state index contributed by atoms with van der Waals surface area (Å²) in [5.74, 6) is -0.553. The van der Waals surface area contributed by atoms with Crippen molar-refractivity contribution < 1.29 is 14.3 Å². The Morgan fingerprint density at radius 2 is 2.05 bits per heavy atom. The van der Waals surface area contributed by atoms with Crippen molar-refractivity contribution in [1.82, 2.24) is 10.6 Å². The molecule has 0 atom stereocenters. The lowest BCUT2D eigenvalue weighted by molar-refractivity contribution is -0.120. The molecule has 0 radical (unpaired) electrons. The van der Waals surface area contributed by atoms with Crippen LogP contribution in [0.3, 0.4) is 0 Å². The van der Waals surface area contributed by atoms with Crippen LogP contribution in [0.1, 0.15) is 15.9 Å². The first-order valence-corrected chi connectivity index (χ1v) is 5.94. The molecule has 6 nitrogen and oxygen atoms in total. The van der Waals surface area contributed by atoms with Gasteiger partial charge in [-0.15, -0.1) is 0 Å². The molecule has 0 spiro atoms. The molecule has 0 aliphatic rings. The zero-order valence-electron chi connectivity index (χ0n) is 11.2. The van der Waals surface area contributed by atoms with Gasteiger partial charge in [-0.3, -0.25) is 9.59 Å². The summed E-state index contributed by atoms with van der Waals surface area (Å²) in [6.45, 7) is 2.62. The van der Waals surface area contributed by atoms with Gasteiger partial charge in [0.25, 0.3) is 5.91 Å². The van der Waals surface area contributed by atoms with Gasteiger partial charge in [0.05, 0.1) is 13.2 Å². The molecule has 6 heteroatoms. The predicted octanol–water partition coefficient (Wildman–Crippen LogP) is 0.0696. The monoisotopic (exact) mass is 265 g/mol. The highest BCUT2D eigenvalue weighted by atomic mass is 16.5. The molecule has 0 aliphatic carbocycles. The molecule has 4 N–H and O–H groups in total. The van der Waals surface area contributed by atoms with E-state index in [0.29, 0.717) is 24.4 Å². The van der Waals surface area contributed by atoms with Gasteiger partial charge in [-0.05, 0) is 30.7 Å². The fraction of sp³-hybridized carbons (Fsp3) is 0.385. The summed E-state index contributed by atoms with van der Waals surface area (Å²) < 4.78 is 4.80. The lowest BCUT2D eigenvalue weighted by Gasteiger charge is -2.07. The van der Waals surface area contributed by atoms with Crippen molar-refractivity contribution in [2.24, 2.45) is 0 Å². The number of aryl methyl sites for hydroxylation is 1. The largest absolute Gasteiger partial charge is 0.399 e. The van der Waals surface area contributed by atoms with Gasteiger partial charge in [0, 0.05) is 24.9 Å². The van der Waals surface area contributed by atoms with Gasteiger partial charge in [0.15, 0.2) is 0 Å². The van der Waals surface area contributed by atoms with Crippen molar-refractivity contribution in [1.29, 1.82) is 0 Å². The Morgan fingerprint density at radius 3 is 2.68 bits per heavy atom. The number of nitrogen functional groups attached to an aromatic ring is 1. The normalized spacial score (nSPS) is 10.0. The number of anilines is 1. The molecule has 104 valence electrons. The Morgan fingerprint density at radius 1 is 1.32 bits per heavy atom. The number of hydrogen-bond acceptors (Lipinski definition) is 4. The number of carbonyl (C=O) groups is 2. The van der Waals surface area contributed by atoms with Crippen LogP contribution in [0.15, 0.2) is 18.2 Å². The van der Waals surface area contributed by atoms with Crippen LogP contribution in [-0.2, 0) is 9.53 Å². The Hall–Kier alpha value is -2.08. The third-order valence-electron chi connectivity index (χ3n) is 2.57. The summed E-state index contributed by atoms with van der Waals surface area (Å²) in [5, 5.41) is 5.15. The maximum atomic E-state index is 11.8. The molecule has 0 heterocycles. The average molecular weight is 265 g/mol. The summed E-state index contributed by atoms with van der Waals surface area (Å²) >= 11 is 0. The molecule has 19 heavy (non-hydrogen) atoms. The lowest BCUT2D eigenvalue weighted by Crippen LogP contribution is -2.38. The molecule has 0 saturated heterocycles. The maximum absolute atomic E-state index is 11.8. The predicted molar refractivity (Wildman–Crippen MR) is 72.8 cm³/mol.